The number of hydrogen-bond acceptors (Lipinski definition) is 4. The Hall–Kier alpha value is -0.900. The number of rotatable bonds is 7. The van der Waals surface area contributed by atoms with Crippen LogP contribution in [0.15, 0.2) is 4.42 Å². The standard InChI is InChI=1S/C13H23N3O/c1-9(2)10(3)13-16-15-12(17-13)5-4-8-14-11-6-7-11/h9-11,14H,4-8H2,1-3H3. The maximum atomic E-state index is 5.68. The highest BCUT2D eigenvalue weighted by atomic mass is 16.4. The number of nitrogens with zero attached hydrogens (tertiary/aromatic N) is 2. The molecule has 1 aliphatic carbocycles. The van der Waals surface area contributed by atoms with E-state index in [0.717, 1.165) is 37.2 Å². The molecule has 4 heteroatoms. The van der Waals surface area contributed by atoms with Crippen molar-refractivity contribution in [2.45, 2.75) is 58.4 Å². The van der Waals surface area contributed by atoms with Gasteiger partial charge in [0, 0.05) is 18.4 Å². The van der Waals surface area contributed by atoms with Crippen molar-refractivity contribution >= 4 is 0 Å². The van der Waals surface area contributed by atoms with Crippen LogP contribution in [0.2, 0.25) is 0 Å². The molecule has 0 aromatic carbocycles. The van der Waals surface area contributed by atoms with Crippen molar-refractivity contribution in [2.75, 3.05) is 6.54 Å². The summed E-state index contributed by atoms with van der Waals surface area (Å²) < 4.78 is 5.68. The summed E-state index contributed by atoms with van der Waals surface area (Å²) >= 11 is 0. The Bertz CT molecular complexity index is 344. The van der Waals surface area contributed by atoms with E-state index in [9.17, 15) is 0 Å². The van der Waals surface area contributed by atoms with Gasteiger partial charge in [0.2, 0.25) is 11.8 Å². The molecule has 1 aromatic rings. The smallest absolute Gasteiger partial charge is 0.219 e. The zero-order chi connectivity index (χ0) is 12.3. The Morgan fingerprint density at radius 3 is 2.71 bits per heavy atom. The molecule has 1 atom stereocenters. The van der Waals surface area contributed by atoms with E-state index in [0.29, 0.717) is 11.8 Å². The molecule has 17 heavy (non-hydrogen) atoms. The van der Waals surface area contributed by atoms with Gasteiger partial charge in [-0.2, -0.15) is 0 Å². The van der Waals surface area contributed by atoms with E-state index in [2.05, 4.69) is 36.3 Å². The van der Waals surface area contributed by atoms with Crippen molar-refractivity contribution in [2.24, 2.45) is 5.92 Å². The normalized spacial score (nSPS) is 17.6. The zero-order valence-electron chi connectivity index (χ0n) is 11.1. The third-order valence-corrected chi connectivity index (χ3v) is 3.45. The van der Waals surface area contributed by atoms with Crippen LogP contribution in [-0.2, 0) is 6.42 Å². The molecule has 2 rings (SSSR count). The molecule has 1 saturated carbocycles. The Morgan fingerprint density at radius 2 is 2.06 bits per heavy atom. The molecule has 0 amide bonds. The third-order valence-electron chi connectivity index (χ3n) is 3.45. The average molecular weight is 237 g/mol. The van der Waals surface area contributed by atoms with Gasteiger partial charge < -0.3 is 9.73 Å². The quantitative estimate of drug-likeness (QED) is 0.740. The first kappa shape index (κ1) is 12.6. The van der Waals surface area contributed by atoms with Gasteiger partial charge in [-0.15, -0.1) is 10.2 Å². The van der Waals surface area contributed by atoms with Crippen LogP contribution in [0, 0.1) is 5.92 Å². The van der Waals surface area contributed by atoms with Crippen LogP contribution in [0.3, 0.4) is 0 Å². The molecule has 0 aliphatic heterocycles. The highest BCUT2D eigenvalue weighted by Crippen LogP contribution is 2.22. The monoisotopic (exact) mass is 237 g/mol. The number of nitrogens with one attached hydrogen (secondary N) is 1. The molecule has 1 heterocycles. The third kappa shape index (κ3) is 3.80. The van der Waals surface area contributed by atoms with Gasteiger partial charge in [-0.25, -0.2) is 0 Å². The van der Waals surface area contributed by atoms with E-state index in [1.54, 1.807) is 0 Å². The van der Waals surface area contributed by atoms with Crippen molar-refractivity contribution in [1.82, 2.24) is 15.5 Å². The lowest BCUT2D eigenvalue weighted by atomic mass is 9.98. The zero-order valence-corrected chi connectivity index (χ0v) is 11.1. The lowest BCUT2D eigenvalue weighted by molar-refractivity contribution is 0.378. The summed E-state index contributed by atoms with van der Waals surface area (Å²) in [4.78, 5) is 0. The second-order valence-electron chi connectivity index (χ2n) is 5.40. The van der Waals surface area contributed by atoms with Gasteiger partial charge in [-0.05, 0) is 31.7 Å². The van der Waals surface area contributed by atoms with Crippen molar-refractivity contribution in [3.8, 4) is 0 Å². The minimum absolute atomic E-state index is 0.348. The van der Waals surface area contributed by atoms with Crippen LogP contribution in [0.1, 0.15) is 57.7 Å². The summed E-state index contributed by atoms with van der Waals surface area (Å²) in [6, 6.07) is 0.786. The van der Waals surface area contributed by atoms with Crippen LogP contribution >= 0.6 is 0 Å². The second kappa shape index (κ2) is 5.63. The minimum atomic E-state index is 0.348. The molecule has 0 radical (unpaired) electrons. The molecule has 1 fully saturated rings. The molecule has 1 unspecified atom stereocenters. The van der Waals surface area contributed by atoms with E-state index < -0.39 is 0 Å². The van der Waals surface area contributed by atoms with E-state index in [-0.39, 0.29) is 0 Å². The van der Waals surface area contributed by atoms with E-state index in [1.165, 1.54) is 12.8 Å². The highest BCUT2D eigenvalue weighted by Gasteiger charge is 2.20. The molecule has 0 spiro atoms. The van der Waals surface area contributed by atoms with Gasteiger partial charge in [-0.1, -0.05) is 20.8 Å². The number of aryl methyl sites for hydroxylation is 1. The van der Waals surface area contributed by atoms with E-state index in [1.807, 2.05) is 0 Å². The Balaban J connectivity index is 1.72. The lowest BCUT2D eigenvalue weighted by Crippen LogP contribution is -2.17. The summed E-state index contributed by atoms with van der Waals surface area (Å²) in [5.74, 6) is 2.45. The molecule has 4 nitrogen and oxygen atoms in total. The van der Waals surface area contributed by atoms with Crippen LogP contribution < -0.4 is 5.32 Å². The van der Waals surface area contributed by atoms with Crippen molar-refractivity contribution in [3.63, 3.8) is 0 Å². The van der Waals surface area contributed by atoms with Crippen LogP contribution in [0.5, 0.6) is 0 Å². The van der Waals surface area contributed by atoms with Gasteiger partial charge >= 0.3 is 0 Å². The fraction of sp³-hybridized carbons (Fsp3) is 0.846. The molecule has 0 saturated heterocycles. The van der Waals surface area contributed by atoms with Crippen molar-refractivity contribution in [3.05, 3.63) is 11.8 Å². The Labute approximate surface area is 103 Å². The topological polar surface area (TPSA) is 51.0 Å². The fourth-order valence-electron chi connectivity index (χ4n) is 1.67. The molecule has 0 bridgehead atoms. The maximum absolute atomic E-state index is 5.68. The summed E-state index contributed by atoms with van der Waals surface area (Å²) in [7, 11) is 0. The summed E-state index contributed by atoms with van der Waals surface area (Å²) in [6.07, 6.45) is 4.65. The van der Waals surface area contributed by atoms with Crippen molar-refractivity contribution in [1.29, 1.82) is 0 Å². The van der Waals surface area contributed by atoms with Gasteiger partial charge in [0.25, 0.3) is 0 Å². The summed E-state index contributed by atoms with van der Waals surface area (Å²) in [5.41, 5.74) is 0. The first-order valence-electron chi connectivity index (χ1n) is 6.72. The first-order chi connectivity index (χ1) is 8.16. The fourth-order valence-corrected chi connectivity index (χ4v) is 1.67. The van der Waals surface area contributed by atoms with Crippen LogP contribution in [-0.4, -0.2) is 22.8 Å². The predicted octanol–water partition coefficient (Wildman–Crippen LogP) is 2.51. The van der Waals surface area contributed by atoms with Gasteiger partial charge in [-0.3, -0.25) is 0 Å². The largest absolute Gasteiger partial charge is 0.425 e. The van der Waals surface area contributed by atoms with Crippen molar-refractivity contribution < 1.29 is 4.42 Å². The summed E-state index contributed by atoms with van der Waals surface area (Å²) in [6.45, 7) is 7.54. The Morgan fingerprint density at radius 1 is 1.29 bits per heavy atom. The molecule has 1 N–H and O–H groups in total. The van der Waals surface area contributed by atoms with E-state index >= 15 is 0 Å². The molecular formula is C13H23N3O. The van der Waals surface area contributed by atoms with Gasteiger partial charge in [0.05, 0.1) is 0 Å². The predicted molar refractivity (Wildman–Crippen MR) is 66.9 cm³/mol. The molecule has 1 aromatic heterocycles. The van der Waals surface area contributed by atoms with Crippen LogP contribution in [0.4, 0.5) is 0 Å². The second-order valence-corrected chi connectivity index (χ2v) is 5.40. The maximum Gasteiger partial charge on any atom is 0.219 e. The van der Waals surface area contributed by atoms with E-state index in [4.69, 9.17) is 4.42 Å². The Kier molecular flexibility index (Phi) is 4.15. The highest BCUT2D eigenvalue weighted by molar-refractivity contribution is 4.91. The number of aromatic nitrogens is 2. The average Bonchev–Trinajstić information content (AvgIpc) is 3.01. The van der Waals surface area contributed by atoms with Gasteiger partial charge in [0.15, 0.2) is 0 Å². The summed E-state index contributed by atoms with van der Waals surface area (Å²) in [5, 5.41) is 11.7. The molecule has 96 valence electrons. The SMILES string of the molecule is CC(C)C(C)c1nnc(CCCNC2CC2)o1. The lowest BCUT2D eigenvalue weighted by Gasteiger charge is -2.09. The molecular weight excluding hydrogens is 214 g/mol. The van der Waals surface area contributed by atoms with Crippen LogP contribution in [0.25, 0.3) is 0 Å². The molecule has 1 aliphatic rings. The first-order valence-corrected chi connectivity index (χ1v) is 6.72. The minimum Gasteiger partial charge on any atom is -0.425 e. The van der Waals surface area contributed by atoms with Gasteiger partial charge in [0.1, 0.15) is 0 Å². The number of hydrogen-bond donors (Lipinski definition) is 1.